The lowest BCUT2D eigenvalue weighted by Gasteiger charge is -2.02. The van der Waals surface area contributed by atoms with Gasteiger partial charge < -0.3 is 9.14 Å². The molecule has 2 aromatic heterocycles. The quantitative estimate of drug-likeness (QED) is 0.664. The molecule has 0 spiro atoms. The first kappa shape index (κ1) is 7.86. The number of nitrogens with zero attached hydrogens (tertiary/aromatic N) is 2. The third-order valence-corrected chi connectivity index (χ3v) is 1.74. The lowest BCUT2D eigenvalue weighted by molar-refractivity contribution is 0.363. The third kappa shape index (κ3) is 1.54. The first-order valence-corrected chi connectivity index (χ1v) is 4.06. The van der Waals surface area contributed by atoms with Crippen molar-refractivity contribution in [3.05, 3.63) is 43.4 Å². The summed E-state index contributed by atoms with van der Waals surface area (Å²) in [5.74, 6) is 0.818. The average molecular weight is 174 g/mol. The van der Waals surface area contributed by atoms with Crippen LogP contribution in [0, 0.1) is 0 Å². The summed E-state index contributed by atoms with van der Waals surface area (Å²) in [7, 11) is 0. The summed E-state index contributed by atoms with van der Waals surface area (Å²) in [6.45, 7) is 4.11. The van der Waals surface area contributed by atoms with Gasteiger partial charge in [0.25, 0.3) is 0 Å². The fraction of sp³-hybridized carbons (Fsp3) is 0.100. The summed E-state index contributed by atoms with van der Waals surface area (Å²) in [6.07, 6.45) is 7.29. The van der Waals surface area contributed by atoms with Crippen molar-refractivity contribution in [1.29, 1.82) is 0 Å². The Kier molecular flexibility index (Phi) is 2.00. The molecule has 0 aliphatic heterocycles. The fourth-order valence-electron chi connectivity index (χ4n) is 1.14. The van der Waals surface area contributed by atoms with Crippen molar-refractivity contribution in [3.63, 3.8) is 0 Å². The van der Waals surface area contributed by atoms with Crippen molar-refractivity contribution in [3.8, 4) is 5.75 Å². The van der Waals surface area contributed by atoms with Gasteiger partial charge in [0.1, 0.15) is 18.0 Å². The highest BCUT2D eigenvalue weighted by Gasteiger charge is 1.95. The highest BCUT2D eigenvalue weighted by Crippen LogP contribution is 2.12. The predicted octanol–water partition coefficient (Wildman–Crippen LogP) is 1.90. The van der Waals surface area contributed by atoms with E-state index in [0.29, 0.717) is 6.61 Å². The molecule has 2 heterocycles. The van der Waals surface area contributed by atoms with E-state index >= 15 is 0 Å². The summed E-state index contributed by atoms with van der Waals surface area (Å²) < 4.78 is 7.29. The van der Waals surface area contributed by atoms with E-state index in [9.17, 15) is 0 Å². The van der Waals surface area contributed by atoms with Crippen LogP contribution in [0.1, 0.15) is 0 Å². The topological polar surface area (TPSA) is 26.5 Å². The molecule has 0 amide bonds. The van der Waals surface area contributed by atoms with Crippen molar-refractivity contribution in [2.75, 3.05) is 6.61 Å². The van der Waals surface area contributed by atoms with Crippen molar-refractivity contribution >= 4 is 5.65 Å². The highest BCUT2D eigenvalue weighted by molar-refractivity contribution is 5.44. The maximum absolute atomic E-state index is 5.36. The minimum Gasteiger partial charge on any atom is -0.489 e. The Bertz CT molecular complexity index is 420. The van der Waals surface area contributed by atoms with E-state index in [-0.39, 0.29) is 0 Å². The van der Waals surface area contributed by atoms with Gasteiger partial charge in [0.2, 0.25) is 0 Å². The molecule has 0 N–H and O–H groups in total. The van der Waals surface area contributed by atoms with Gasteiger partial charge in [-0.3, -0.25) is 0 Å². The molecule has 0 atom stereocenters. The molecule has 0 aromatic carbocycles. The molecule has 0 unspecified atom stereocenters. The summed E-state index contributed by atoms with van der Waals surface area (Å²) in [4.78, 5) is 4.14. The lowest BCUT2D eigenvalue weighted by Crippen LogP contribution is -1.93. The zero-order valence-corrected chi connectivity index (χ0v) is 7.18. The number of rotatable bonds is 3. The zero-order chi connectivity index (χ0) is 9.10. The van der Waals surface area contributed by atoms with Crippen LogP contribution in [0.25, 0.3) is 5.65 Å². The molecule has 3 heteroatoms. The van der Waals surface area contributed by atoms with Crippen LogP contribution in [0.15, 0.2) is 43.4 Å². The number of hydrogen-bond donors (Lipinski definition) is 0. The van der Waals surface area contributed by atoms with Gasteiger partial charge in [-0.1, -0.05) is 12.7 Å². The molecule has 13 heavy (non-hydrogen) atoms. The first-order chi connectivity index (χ1) is 6.40. The van der Waals surface area contributed by atoms with Crippen LogP contribution in [0.5, 0.6) is 5.75 Å². The van der Waals surface area contributed by atoms with Crippen molar-refractivity contribution in [2.45, 2.75) is 0 Å². The second-order valence-electron chi connectivity index (χ2n) is 2.65. The van der Waals surface area contributed by atoms with Crippen LogP contribution in [-0.4, -0.2) is 16.0 Å². The number of hydrogen-bond acceptors (Lipinski definition) is 2. The maximum atomic E-state index is 5.36. The Morgan fingerprint density at radius 1 is 1.54 bits per heavy atom. The summed E-state index contributed by atoms with van der Waals surface area (Å²) in [5.41, 5.74) is 0.890. The summed E-state index contributed by atoms with van der Waals surface area (Å²) >= 11 is 0. The number of imidazole rings is 1. The molecule has 2 rings (SSSR count). The van der Waals surface area contributed by atoms with E-state index in [1.807, 2.05) is 28.9 Å². The van der Waals surface area contributed by atoms with Gasteiger partial charge in [0.15, 0.2) is 0 Å². The van der Waals surface area contributed by atoms with Crippen LogP contribution < -0.4 is 4.74 Å². The Balaban J connectivity index is 2.31. The normalized spacial score (nSPS) is 10.2. The van der Waals surface area contributed by atoms with E-state index in [1.165, 1.54) is 0 Å². The van der Waals surface area contributed by atoms with Crippen LogP contribution in [0.2, 0.25) is 0 Å². The standard InChI is InChI=1S/C10H10N2O/c1-2-7-13-9-3-5-12-6-4-11-10(12)8-9/h2-6,8H,1,7H2. The smallest absolute Gasteiger partial charge is 0.140 e. The molecule has 0 saturated carbocycles. The fourth-order valence-corrected chi connectivity index (χ4v) is 1.14. The SMILES string of the molecule is C=CCOc1ccn2ccnc2c1. The molecule has 0 bridgehead atoms. The van der Waals surface area contributed by atoms with Crippen LogP contribution in [0.3, 0.4) is 0 Å². The third-order valence-electron chi connectivity index (χ3n) is 1.74. The van der Waals surface area contributed by atoms with Crippen LogP contribution in [-0.2, 0) is 0 Å². The summed E-state index contributed by atoms with van der Waals surface area (Å²) in [6, 6.07) is 3.79. The molecule has 0 aliphatic rings. The van der Waals surface area contributed by atoms with Crippen LogP contribution in [0.4, 0.5) is 0 Å². The Labute approximate surface area is 76.3 Å². The van der Waals surface area contributed by atoms with Crippen molar-refractivity contribution in [2.24, 2.45) is 0 Å². The monoisotopic (exact) mass is 174 g/mol. The van der Waals surface area contributed by atoms with Gasteiger partial charge >= 0.3 is 0 Å². The van der Waals surface area contributed by atoms with E-state index in [4.69, 9.17) is 4.74 Å². The zero-order valence-electron chi connectivity index (χ0n) is 7.18. The largest absolute Gasteiger partial charge is 0.489 e. The molecule has 0 fully saturated rings. The Morgan fingerprint density at radius 3 is 3.31 bits per heavy atom. The van der Waals surface area contributed by atoms with Crippen molar-refractivity contribution in [1.82, 2.24) is 9.38 Å². The number of ether oxygens (including phenoxy) is 1. The van der Waals surface area contributed by atoms with Crippen molar-refractivity contribution < 1.29 is 4.74 Å². The maximum Gasteiger partial charge on any atom is 0.140 e. The van der Waals surface area contributed by atoms with E-state index in [2.05, 4.69) is 11.6 Å². The number of fused-ring (bicyclic) bond motifs is 1. The van der Waals surface area contributed by atoms with Crippen LogP contribution >= 0.6 is 0 Å². The number of aromatic nitrogens is 2. The molecule has 2 aromatic rings. The van der Waals surface area contributed by atoms with E-state index in [1.54, 1.807) is 12.3 Å². The van der Waals surface area contributed by atoms with E-state index in [0.717, 1.165) is 11.4 Å². The molecule has 0 radical (unpaired) electrons. The molecular weight excluding hydrogens is 164 g/mol. The Morgan fingerprint density at radius 2 is 2.46 bits per heavy atom. The average Bonchev–Trinajstić information content (AvgIpc) is 2.61. The predicted molar refractivity (Wildman–Crippen MR) is 50.9 cm³/mol. The second kappa shape index (κ2) is 3.31. The van der Waals surface area contributed by atoms with Gasteiger partial charge in [-0.2, -0.15) is 0 Å². The minimum atomic E-state index is 0.525. The molecule has 0 aliphatic carbocycles. The molecular formula is C10H10N2O. The molecule has 0 saturated heterocycles. The number of pyridine rings is 1. The van der Waals surface area contributed by atoms with Gasteiger partial charge in [0.05, 0.1) is 0 Å². The van der Waals surface area contributed by atoms with Gasteiger partial charge in [-0.15, -0.1) is 0 Å². The molecule has 66 valence electrons. The molecule has 3 nitrogen and oxygen atoms in total. The lowest BCUT2D eigenvalue weighted by atomic mass is 10.4. The first-order valence-electron chi connectivity index (χ1n) is 4.06. The van der Waals surface area contributed by atoms with Gasteiger partial charge in [0, 0.05) is 24.7 Å². The second-order valence-corrected chi connectivity index (χ2v) is 2.65. The summed E-state index contributed by atoms with van der Waals surface area (Å²) in [5, 5.41) is 0. The highest BCUT2D eigenvalue weighted by atomic mass is 16.5. The van der Waals surface area contributed by atoms with Gasteiger partial charge in [-0.25, -0.2) is 4.98 Å². The van der Waals surface area contributed by atoms with E-state index < -0.39 is 0 Å². The Hall–Kier alpha value is -1.77. The van der Waals surface area contributed by atoms with Gasteiger partial charge in [-0.05, 0) is 6.07 Å². The minimum absolute atomic E-state index is 0.525.